The third-order valence-corrected chi connectivity index (χ3v) is 4.59. The van der Waals surface area contributed by atoms with Crippen LogP contribution in [0.5, 0.6) is 5.75 Å². The number of benzene rings is 2. The monoisotopic (exact) mass is 408 g/mol. The minimum Gasteiger partial charge on any atom is -0.506 e. The molecule has 8 heteroatoms. The fourth-order valence-corrected chi connectivity index (χ4v) is 2.95. The molecule has 2 N–H and O–H groups in total. The number of H-pyrrole nitrogens is 1. The SMILES string of the molecule is Oc1c(Cl)cc(Cl)c(Cl)c1-c1nc2cc(Br)c(F)cc2[nH]1. The first-order chi connectivity index (χ1) is 9.88. The molecule has 0 amide bonds. The average Bonchev–Trinajstić information content (AvgIpc) is 2.80. The van der Waals surface area contributed by atoms with Gasteiger partial charge in [0, 0.05) is 6.07 Å². The molecule has 3 aromatic rings. The second-order valence-corrected chi connectivity index (χ2v) is 6.29. The van der Waals surface area contributed by atoms with Crippen LogP contribution in [0, 0.1) is 5.82 Å². The topological polar surface area (TPSA) is 48.9 Å². The number of rotatable bonds is 1. The van der Waals surface area contributed by atoms with Gasteiger partial charge in [-0.05, 0) is 28.1 Å². The zero-order valence-corrected chi connectivity index (χ0v) is 13.9. The van der Waals surface area contributed by atoms with Gasteiger partial charge in [-0.1, -0.05) is 34.8 Å². The molecule has 0 saturated heterocycles. The third kappa shape index (κ3) is 2.48. The summed E-state index contributed by atoms with van der Waals surface area (Å²) in [4.78, 5) is 7.16. The molecule has 0 saturated carbocycles. The second-order valence-electron chi connectivity index (χ2n) is 4.25. The van der Waals surface area contributed by atoms with E-state index in [0.29, 0.717) is 11.0 Å². The number of hydrogen-bond donors (Lipinski definition) is 2. The number of nitrogens with one attached hydrogen (secondary N) is 1. The normalized spacial score (nSPS) is 11.3. The number of aromatic hydroxyl groups is 1. The van der Waals surface area contributed by atoms with E-state index in [1.807, 2.05) is 0 Å². The Balaban J connectivity index is 2.31. The molecule has 2 aromatic carbocycles. The van der Waals surface area contributed by atoms with Gasteiger partial charge in [-0.15, -0.1) is 0 Å². The molecule has 0 aliphatic carbocycles. The van der Waals surface area contributed by atoms with E-state index in [4.69, 9.17) is 34.8 Å². The number of halogens is 5. The quantitative estimate of drug-likeness (QED) is 0.498. The molecule has 108 valence electrons. The molecule has 0 spiro atoms. The smallest absolute Gasteiger partial charge is 0.146 e. The number of aromatic amines is 1. The number of nitrogens with zero attached hydrogens (tertiary/aromatic N) is 1. The molecular weight excluding hydrogens is 405 g/mol. The van der Waals surface area contributed by atoms with E-state index in [2.05, 4.69) is 25.9 Å². The first kappa shape index (κ1) is 14.9. The molecule has 1 aromatic heterocycles. The molecule has 0 fully saturated rings. The molecule has 0 radical (unpaired) electrons. The lowest BCUT2D eigenvalue weighted by Gasteiger charge is -2.07. The van der Waals surface area contributed by atoms with E-state index in [0.717, 1.165) is 0 Å². The maximum absolute atomic E-state index is 13.5. The minimum atomic E-state index is -0.433. The molecule has 0 bridgehead atoms. The average molecular weight is 410 g/mol. The van der Waals surface area contributed by atoms with E-state index in [1.54, 1.807) is 0 Å². The number of phenols is 1. The lowest BCUT2D eigenvalue weighted by molar-refractivity contribution is 0.477. The van der Waals surface area contributed by atoms with Crippen LogP contribution in [0.4, 0.5) is 4.39 Å². The molecule has 1 heterocycles. The zero-order valence-electron chi connectivity index (χ0n) is 10.0. The third-order valence-electron chi connectivity index (χ3n) is 2.91. The lowest BCUT2D eigenvalue weighted by atomic mass is 10.2. The van der Waals surface area contributed by atoms with Crippen molar-refractivity contribution in [2.45, 2.75) is 0 Å². The molecule has 0 aliphatic rings. The van der Waals surface area contributed by atoms with Gasteiger partial charge in [0.15, 0.2) is 0 Å². The van der Waals surface area contributed by atoms with Crippen LogP contribution in [-0.2, 0) is 0 Å². The fraction of sp³-hybridized carbons (Fsp3) is 0. The summed E-state index contributed by atoms with van der Waals surface area (Å²) in [7, 11) is 0. The van der Waals surface area contributed by atoms with Crippen molar-refractivity contribution in [1.82, 2.24) is 9.97 Å². The van der Waals surface area contributed by atoms with Crippen LogP contribution >= 0.6 is 50.7 Å². The standard InChI is InChI=1S/C13H5BrCl3FN2O/c14-4-1-8-9(3-7(4)18)20-13(19-8)10-11(17)5(15)2-6(16)12(10)21/h1-3,21H,(H,19,20). The lowest BCUT2D eigenvalue weighted by Crippen LogP contribution is -1.86. The van der Waals surface area contributed by atoms with Crippen molar-refractivity contribution in [2.24, 2.45) is 0 Å². The van der Waals surface area contributed by atoms with E-state index < -0.39 is 5.82 Å². The Hall–Kier alpha value is -1.01. The van der Waals surface area contributed by atoms with Crippen molar-refractivity contribution < 1.29 is 9.50 Å². The first-order valence-electron chi connectivity index (χ1n) is 5.60. The summed E-state index contributed by atoms with van der Waals surface area (Å²) in [5.41, 5.74) is 1.13. The van der Waals surface area contributed by atoms with Gasteiger partial charge in [0.1, 0.15) is 17.4 Å². The maximum Gasteiger partial charge on any atom is 0.146 e. The summed E-state index contributed by atoms with van der Waals surface area (Å²) >= 11 is 21.0. The van der Waals surface area contributed by atoms with Crippen LogP contribution in [0.2, 0.25) is 15.1 Å². The number of phenolic OH excluding ortho intramolecular Hbond substituents is 1. The number of fused-ring (bicyclic) bond motifs is 1. The Kier molecular flexibility index (Phi) is 3.78. The van der Waals surface area contributed by atoms with Crippen molar-refractivity contribution in [1.29, 1.82) is 0 Å². The van der Waals surface area contributed by atoms with Crippen LogP contribution in [-0.4, -0.2) is 15.1 Å². The Morgan fingerprint density at radius 2 is 1.86 bits per heavy atom. The molecule has 0 unspecified atom stereocenters. The van der Waals surface area contributed by atoms with Crippen LogP contribution in [0.3, 0.4) is 0 Å². The fourth-order valence-electron chi connectivity index (χ4n) is 1.93. The largest absolute Gasteiger partial charge is 0.506 e. The highest BCUT2D eigenvalue weighted by Gasteiger charge is 2.19. The number of aromatic nitrogens is 2. The van der Waals surface area contributed by atoms with E-state index in [-0.39, 0.29) is 36.7 Å². The molecule has 0 atom stereocenters. The van der Waals surface area contributed by atoms with Crippen molar-refractivity contribution >= 4 is 61.8 Å². The van der Waals surface area contributed by atoms with Crippen molar-refractivity contribution in [3.05, 3.63) is 43.6 Å². The van der Waals surface area contributed by atoms with Gasteiger partial charge in [0.25, 0.3) is 0 Å². The van der Waals surface area contributed by atoms with E-state index >= 15 is 0 Å². The molecule has 3 nitrogen and oxygen atoms in total. The molecule has 3 rings (SSSR count). The molecule has 21 heavy (non-hydrogen) atoms. The summed E-state index contributed by atoms with van der Waals surface area (Å²) < 4.78 is 13.8. The van der Waals surface area contributed by atoms with Crippen molar-refractivity contribution in [2.75, 3.05) is 0 Å². The second kappa shape index (κ2) is 5.32. The highest BCUT2D eigenvalue weighted by molar-refractivity contribution is 9.10. The summed E-state index contributed by atoms with van der Waals surface area (Å²) in [6.45, 7) is 0. The number of imidazole rings is 1. The summed E-state index contributed by atoms with van der Waals surface area (Å²) in [5, 5.41) is 10.4. The van der Waals surface area contributed by atoms with Crippen molar-refractivity contribution in [3.63, 3.8) is 0 Å². The number of hydrogen-bond acceptors (Lipinski definition) is 2. The van der Waals surface area contributed by atoms with Crippen LogP contribution < -0.4 is 0 Å². The Labute approximate surface area is 141 Å². The van der Waals surface area contributed by atoms with Crippen molar-refractivity contribution in [3.8, 4) is 17.1 Å². The molecule has 0 aliphatic heterocycles. The van der Waals surface area contributed by atoms with E-state index in [1.165, 1.54) is 18.2 Å². The van der Waals surface area contributed by atoms with Gasteiger partial charge in [0.2, 0.25) is 0 Å². The predicted molar refractivity (Wildman–Crippen MR) is 85.9 cm³/mol. The Morgan fingerprint density at radius 3 is 2.57 bits per heavy atom. The minimum absolute atomic E-state index is 0.0483. The zero-order chi connectivity index (χ0) is 15.3. The Morgan fingerprint density at radius 1 is 1.14 bits per heavy atom. The maximum atomic E-state index is 13.5. The first-order valence-corrected chi connectivity index (χ1v) is 7.52. The van der Waals surface area contributed by atoms with Gasteiger partial charge in [-0.25, -0.2) is 9.37 Å². The van der Waals surface area contributed by atoms with E-state index in [9.17, 15) is 9.50 Å². The van der Waals surface area contributed by atoms with Crippen LogP contribution in [0.1, 0.15) is 0 Å². The highest BCUT2D eigenvalue weighted by Crippen LogP contribution is 2.44. The van der Waals surface area contributed by atoms with Gasteiger partial charge >= 0.3 is 0 Å². The van der Waals surface area contributed by atoms with Gasteiger partial charge < -0.3 is 10.1 Å². The predicted octanol–water partition coefficient (Wildman–Crippen LogP) is 5.80. The van der Waals surface area contributed by atoms with Gasteiger partial charge in [-0.3, -0.25) is 0 Å². The van der Waals surface area contributed by atoms with Gasteiger partial charge in [0.05, 0.1) is 36.1 Å². The Bertz CT molecular complexity index is 816. The molecular formula is C13H5BrCl3FN2O. The van der Waals surface area contributed by atoms with Gasteiger partial charge in [-0.2, -0.15) is 0 Å². The summed E-state index contributed by atoms with van der Waals surface area (Å²) in [6, 6.07) is 4.14. The highest BCUT2D eigenvalue weighted by atomic mass is 79.9. The van der Waals surface area contributed by atoms with Crippen LogP contribution in [0.15, 0.2) is 22.7 Å². The summed E-state index contributed by atoms with van der Waals surface area (Å²) in [5.74, 6) is -0.434. The summed E-state index contributed by atoms with van der Waals surface area (Å²) in [6.07, 6.45) is 0. The van der Waals surface area contributed by atoms with Crippen LogP contribution in [0.25, 0.3) is 22.4 Å².